The van der Waals surface area contributed by atoms with Crippen molar-refractivity contribution in [2.45, 2.75) is 46.2 Å². The fourth-order valence-electron chi connectivity index (χ4n) is 2.76. The van der Waals surface area contributed by atoms with Crippen LogP contribution in [-0.4, -0.2) is 26.9 Å². The van der Waals surface area contributed by atoms with Gasteiger partial charge in [-0.1, -0.05) is 32.9 Å². The Labute approximate surface area is 141 Å². The van der Waals surface area contributed by atoms with Crippen LogP contribution >= 0.6 is 0 Å². The summed E-state index contributed by atoms with van der Waals surface area (Å²) in [5, 5.41) is 9.90. The third-order valence-corrected chi connectivity index (χ3v) is 4.34. The molecule has 0 bridgehead atoms. The molecule has 3 rings (SSSR count). The largest absolute Gasteiger partial charge is 0.332 e. The molecule has 1 aliphatic heterocycles. The number of anilines is 1. The smallest absolute Gasteiger partial charge is 0.256 e. The number of aromatic amines is 1. The first-order chi connectivity index (χ1) is 11.3. The molecule has 2 aromatic rings. The molecule has 0 spiro atoms. The Morgan fingerprint density at radius 3 is 2.42 bits per heavy atom. The number of carbonyl (C=O) groups excluding carboxylic acids is 2. The van der Waals surface area contributed by atoms with Crippen molar-refractivity contribution in [3.8, 4) is 0 Å². The van der Waals surface area contributed by atoms with Crippen LogP contribution in [-0.2, 0) is 23.3 Å². The van der Waals surface area contributed by atoms with E-state index in [4.69, 9.17) is 0 Å². The van der Waals surface area contributed by atoms with Crippen molar-refractivity contribution < 1.29 is 9.59 Å². The highest BCUT2D eigenvalue weighted by Gasteiger charge is 2.27. The molecule has 0 atom stereocenters. The third kappa shape index (κ3) is 3.04. The van der Waals surface area contributed by atoms with E-state index in [9.17, 15) is 9.59 Å². The van der Waals surface area contributed by atoms with Crippen molar-refractivity contribution in [1.29, 1.82) is 0 Å². The monoisotopic (exact) mass is 326 g/mol. The van der Waals surface area contributed by atoms with Crippen molar-refractivity contribution in [3.05, 3.63) is 46.6 Å². The van der Waals surface area contributed by atoms with Gasteiger partial charge in [0.05, 0.1) is 18.8 Å². The quantitative estimate of drug-likeness (QED) is 0.891. The minimum absolute atomic E-state index is 0.00282. The molecular weight excluding hydrogens is 304 g/mol. The maximum Gasteiger partial charge on any atom is 0.256 e. The molecule has 0 fully saturated rings. The molecule has 1 aliphatic rings. The number of carbonyl (C=O) groups is 2. The zero-order chi connectivity index (χ0) is 17.5. The van der Waals surface area contributed by atoms with Crippen molar-refractivity contribution in [3.63, 3.8) is 0 Å². The topological polar surface area (TPSA) is 78.1 Å². The Morgan fingerprint density at radius 1 is 1.17 bits per heavy atom. The van der Waals surface area contributed by atoms with Gasteiger partial charge in [0.25, 0.3) is 5.91 Å². The molecule has 2 N–H and O–H groups in total. The van der Waals surface area contributed by atoms with Crippen LogP contribution in [0.25, 0.3) is 0 Å². The zero-order valence-electron chi connectivity index (χ0n) is 14.4. The lowest BCUT2D eigenvalue weighted by molar-refractivity contribution is -0.129. The number of rotatable bonds is 2. The number of benzene rings is 1. The Morgan fingerprint density at radius 2 is 1.83 bits per heavy atom. The van der Waals surface area contributed by atoms with Gasteiger partial charge in [0.15, 0.2) is 0 Å². The van der Waals surface area contributed by atoms with Gasteiger partial charge in [-0.05, 0) is 23.1 Å². The van der Waals surface area contributed by atoms with E-state index in [1.54, 1.807) is 4.90 Å². The van der Waals surface area contributed by atoms with Gasteiger partial charge in [0.2, 0.25) is 5.91 Å². The van der Waals surface area contributed by atoms with E-state index in [1.807, 2.05) is 24.3 Å². The molecule has 0 aliphatic carbocycles. The van der Waals surface area contributed by atoms with E-state index >= 15 is 0 Å². The van der Waals surface area contributed by atoms with Gasteiger partial charge in [-0.2, -0.15) is 5.10 Å². The zero-order valence-corrected chi connectivity index (χ0v) is 14.4. The van der Waals surface area contributed by atoms with Crippen LogP contribution in [0.3, 0.4) is 0 Å². The van der Waals surface area contributed by atoms with Gasteiger partial charge >= 0.3 is 0 Å². The Hall–Kier alpha value is -2.63. The van der Waals surface area contributed by atoms with Gasteiger partial charge in [-0.15, -0.1) is 0 Å². The number of H-pyrrole nitrogens is 1. The van der Waals surface area contributed by atoms with Gasteiger partial charge in [-0.25, -0.2) is 0 Å². The second-order valence-electron chi connectivity index (χ2n) is 7.18. The molecule has 2 amide bonds. The average Bonchev–Trinajstić information content (AvgIpc) is 3.08. The molecular formula is C18H22N4O2. The van der Waals surface area contributed by atoms with Crippen molar-refractivity contribution in [2.75, 3.05) is 5.32 Å². The molecule has 24 heavy (non-hydrogen) atoms. The maximum absolute atomic E-state index is 12.4. The summed E-state index contributed by atoms with van der Waals surface area (Å²) in [6.07, 6.45) is 0. The first-order valence-electron chi connectivity index (χ1n) is 7.99. The lowest BCUT2D eigenvalue weighted by atomic mass is 9.87. The van der Waals surface area contributed by atoms with E-state index in [0.717, 1.165) is 11.3 Å². The molecule has 0 radical (unpaired) electrons. The molecule has 2 heterocycles. The van der Waals surface area contributed by atoms with E-state index in [2.05, 4.69) is 36.3 Å². The van der Waals surface area contributed by atoms with Crippen LogP contribution in [0.4, 0.5) is 5.82 Å². The number of hydrogen-bond donors (Lipinski definition) is 2. The van der Waals surface area contributed by atoms with Gasteiger partial charge in [0.1, 0.15) is 5.82 Å². The van der Waals surface area contributed by atoms with E-state index < -0.39 is 0 Å². The summed E-state index contributed by atoms with van der Waals surface area (Å²) in [6.45, 7) is 8.89. The molecule has 1 aromatic carbocycles. The van der Waals surface area contributed by atoms with E-state index in [1.165, 1.54) is 12.5 Å². The number of aromatic nitrogens is 2. The molecule has 0 saturated carbocycles. The van der Waals surface area contributed by atoms with Crippen LogP contribution in [0, 0.1) is 0 Å². The fourth-order valence-corrected chi connectivity index (χ4v) is 2.76. The average molecular weight is 326 g/mol. The van der Waals surface area contributed by atoms with E-state index in [0.29, 0.717) is 24.5 Å². The maximum atomic E-state index is 12.4. The number of fused-ring (bicyclic) bond motifs is 1. The second kappa shape index (κ2) is 5.78. The molecule has 0 saturated heterocycles. The predicted molar refractivity (Wildman–Crippen MR) is 91.6 cm³/mol. The van der Waals surface area contributed by atoms with Gasteiger partial charge < -0.3 is 10.2 Å². The Kier molecular flexibility index (Phi) is 3.91. The Balaban J connectivity index is 1.74. The minimum Gasteiger partial charge on any atom is -0.332 e. The van der Waals surface area contributed by atoms with E-state index in [-0.39, 0.29) is 17.2 Å². The summed E-state index contributed by atoms with van der Waals surface area (Å²) >= 11 is 0. The second-order valence-corrected chi connectivity index (χ2v) is 7.18. The van der Waals surface area contributed by atoms with Crippen molar-refractivity contribution in [1.82, 2.24) is 15.1 Å². The highest BCUT2D eigenvalue weighted by Crippen LogP contribution is 2.27. The standard InChI is InChI=1S/C18H22N4O2/c1-11(23)22-9-14-15(10-22)20-21-16(14)19-17(24)12-5-7-13(8-6-12)18(2,3)4/h5-8H,9-10H2,1-4H3,(H2,19,20,21,24). The van der Waals surface area contributed by atoms with Gasteiger partial charge in [-0.3, -0.25) is 14.7 Å². The Bertz CT molecular complexity index is 784. The predicted octanol–water partition coefficient (Wildman–Crippen LogP) is 2.82. The number of nitrogens with zero attached hydrogens (tertiary/aromatic N) is 2. The van der Waals surface area contributed by atoms with Crippen molar-refractivity contribution >= 4 is 17.6 Å². The van der Waals surface area contributed by atoms with Crippen LogP contribution < -0.4 is 5.32 Å². The fraction of sp³-hybridized carbons (Fsp3) is 0.389. The molecule has 1 aromatic heterocycles. The lowest BCUT2D eigenvalue weighted by Crippen LogP contribution is -2.23. The van der Waals surface area contributed by atoms with Crippen LogP contribution in [0.15, 0.2) is 24.3 Å². The molecule has 126 valence electrons. The third-order valence-electron chi connectivity index (χ3n) is 4.34. The molecule has 6 heteroatoms. The van der Waals surface area contributed by atoms with Crippen LogP contribution in [0.2, 0.25) is 0 Å². The lowest BCUT2D eigenvalue weighted by Gasteiger charge is -2.19. The SMILES string of the molecule is CC(=O)N1Cc2n[nH]c(NC(=O)c3ccc(C(C)(C)C)cc3)c2C1. The van der Waals surface area contributed by atoms with Gasteiger partial charge in [0, 0.05) is 18.1 Å². The molecule has 6 nitrogen and oxygen atoms in total. The summed E-state index contributed by atoms with van der Waals surface area (Å²) < 4.78 is 0. The number of nitrogens with one attached hydrogen (secondary N) is 2. The summed E-state index contributed by atoms with van der Waals surface area (Å²) in [7, 11) is 0. The number of hydrogen-bond acceptors (Lipinski definition) is 3. The summed E-state index contributed by atoms with van der Waals surface area (Å²) in [5.41, 5.74) is 3.51. The highest BCUT2D eigenvalue weighted by molar-refractivity contribution is 6.04. The van der Waals surface area contributed by atoms with Crippen LogP contribution in [0.1, 0.15) is 54.9 Å². The minimum atomic E-state index is -0.191. The summed E-state index contributed by atoms with van der Waals surface area (Å²) in [4.78, 5) is 25.6. The van der Waals surface area contributed by atoms with Crippen LogP contribution in [0.5, 0.6) is 0 Å². The first kappa shape index (κ1) is 16.2. The summed E-state index contributed by atoms with van der Waals surface area (Å²) in [5.74, 6) is 0.380. The molecule has 0 unspecified atom stereocenters. The number of amides is 2. The first-order valence-corrected chi connectivity index (χ1v) is 7.99. The highest BCUT2D eigenvalue weighted by atomic mass is 16.2. The van der Waals surface area contributed by atoms with Crippen molar-refractivity contribution in [2.24, 2.45) is 0 Å². The normalized spacial score (nSPS) is 13.8. The summed E-state index contributed by atoms with van der Waals surface area (Å²) in [6, 6.07) is 7.61.